The summed E-state index contributed by atoms with van der Waals surface area (Å²) in [6.45, 7) is 1.96. The minimum absolute atomic E-state index is 0.0737. The summed E-state index contributed by atoms with van der Waals surface area (Å²) in [4.78, 5) is 24.7. The van der Waals surface area contributed by atoms with Crippen LogP contribution in [0.4, 0.5) is 0 Å². The third-order valence-corrected chi connectivity index (χ3v) is 4.12. The molecule has 0 saturated carbocycles. The third-order valence-electron chi connectivity index (χ3n) is 4.12. The van der Waals surface area contributed by atoms with E-state index in [2.05, 4.69) is 0 Å². The number of carbonyl (C=O) groups excluding carboxylic acids is 2. The van der Waals surface area contributed by atoms with Crippen LogP contribution in [0.3, 0.4) is 0 Å². The van der Waals surface area contributed by atoms with E-state index in [9.17, 15) is 9.59 Å². The number of fused-ring (bicyclic) bond motifs is 1. The van der Waals surface area contributed by atoms with E-state index in [0.717, 1.165) is 5.56 Å². The summed E-state index contributed by atoms with van der Waals surface area (Å²) in [5.74, 6) is 0.224. The van der Waals surface area contributed by atoms with Crippen molar-refractivity contribution in [2.24, 2.45) is 0 Å². The second-order valence-corrected chi connectivity index (χ2v) is 5.65. The van der Waals surface area contributed by atoms with Crippen LogP contribution in [0.15, 0.2) is 36.4 Å². The summed E-state index contributed by atoms with van der Waals surface area (Å²) in [7, 11) is 2.97. The van der Waals surface area contributed by atoms with Gasteiger partial charge in [-0.3, -0.25) is 4.79 Å². The number of rotatable bonds is 5. The van der Waals surface area contributed by atoms with Gasteiger partial charge in [-0.2, -0.15) is 0 Å². The molecule has 0 bridgehead atoms. The lowest BCUT2D eigenvalue weighted by Crippen LogP contribution is -2.07. The maximum Gasteiger partial charge on any atom is 0.343 e. The fourth-order valence-corrected chi connectivity index (χ4v) is 2.85. The summed E-state index contributed by atoms with van der Waals surface area (Å²) < 4.78 is 15.9. The molecule has 1 aliphatic heterocycles. The van der Waals surface area contributed by atoms with E-state index >= 15 is 0 Å². The maximum atomic E-state index is 12.5. The molecule has 2 aromatic carbocycles. The zero-order chi connectivity index (χ0) is 17.3. The van der Waals surface area contributed by atoms with Gasteiger partial charge in [-0.25, -0.2) is 4.79 Å². The zero-order valence-corrected chi connectivity index (χ0v) is 13.8. The summed E-state index contributed by atoms with van der Waals surface area (Å²) >= 11 is 0. The molecule has 3 rings (SSSR count). The number of hydrogen-bond donors (Lipinski definition) is 0. The standard InChI is InChI=1S/C19H18O5/c1-11-4-6-12(7-5-11)14(20)10-16-13-8-9-15(22-2)18(23-3)17(13)19(21)24-16/h4-9,16H,10H2,1-3H3/t16-/m1/s1. The number of ether oxygens (including phenoxy) is 3. The maximum absolute atomic E-state index is 12.5. The van der Waals surface area contributed by atoms with Gasteiger partial charge >= 0.3 is 5.97 Å². The van der Waals surface area contributed by atoms with E-state index in [0.29, 0.717) is 28.2 Å². The number of ketones is 1. The molecule has 124 valence electrons. The number of aryl methyl sites for hydroxylation is 1. The van der Waals surface area contributed by atoms with E-state index in [4.69, 9.17) is 14.2 Å². The van der Waals surface area contributed by atoms with Gasteiger partial charge in [0.15, 0.2) is 17.3 Å². The molecule has 1 atom stereocenters. The first-order chi connectivity index (χ1) is 11.5. The number of cyclic esters (lactones) is 1. The van der Waals surface area contributed by atoms with E-state index in [1.807, 2.05) is 19.1 Å². The molecular formula is C19H18O5. The first-order valence-electron chi connectivity index (χ1n) is 7.61. The normalized spacial score (nSPS) is 15.6. The molecule has 5 heteroatoms. The van der Waals surface area contributed by atoms with Crippen LogP contribution in [0.1, 0.15) is 44.4 Å². The predicted molar refractivity (Wildman–Crippen MR) is 87.8 cm³/mol. The van der Waals surface area contributed by atoms with Crippen LogP contribution in [0.25, 0.3) is 0 Å². The Morgan fingerprint density at radius 1 is 1.08 bits per heavy atom. The summed E-state index contributed by atoms with van der Waals surface area (Å²) in [5.41, 5.74) is 2.67. The molecule has 1 aliphatic rings. The lowest BCUT2D eigenvalue weighted by atomic mass is 9.97. The molecule has 0 aromatic heterocycles. The quantitative estimate of drug-likeness (QED) is 0.622. The molecule has 0 radical (unpaired) electrons. The molecule has 0 N–H and O–H groups in total. The highest BCUT2D eigenvalue weighted by Gasteiger charge is 2.36. The third kappa shape index (κ3) is 2.73. The van der Waals surface area contributed by atoms with Gasteiger partial charge in [-0.05, 0) is 13.0 Å². The van der Waals surface area contributed by atoms with Crippen molar-refractivity contribution in [1.29, 1.82) is 0 Å². The Labute approximate surface area is 140 Å². The van der Waals surface area contributed by atoms with Crippen molar-refractivity contribution in [3.05, 3.63) is 58.7 Å². The van der Waals surface area contributed by atoms with Crippen LogP contribution >= 0.6 is 0 Å². The van der Waals surface area contributed by atoms with Crippen LogP contribution in [-0.4, -0.2) is 26.0 Å². The Balaban J connectivity index is 1.89. The topological polar surface area (TPSA) is 61.8 Å². The van der Waals surface area contributed by atoms with Crippen LogP contribution in [0.2, 0.25) is 0 Å². The Morgan fingerprint density at radius 3 is 2.42 bits per heavy atom. The molecule has 0 fully saturated rings. The monoisotopic (exact) mass is 326 g/mol. The zero-order valence-electron chi connectivity index (χ0n) is 13.8. The predicted octanol–water partition coefficient (Wildman–Crippen LogP) is 3.50. The van der Waals surface area contributed by atoms with Crippen LogP contribution < -0.4 is 9.47 Å². The highest BCUT2D eigenvalue weighted by atomic mass is 16.6. The molecule has 1 heterocycles. The minimum atomic E-state index is -0.610. The molecule has 0 unspecified atom stereocenters. The lowest BCUT2D eigenvalue weighted by Gasteiger charge is -2.12. The smallest absolute Gasteiger partial charge is 0.343 e. The Hall–Kier alpha value is -2.82. The number of carbonyl (C=O) groups is 2. The fourth-order valence-electron chi connectivity index (χ4n) is 2.85. The first-order valence-corrected chi connectivity index (χ1v) is 7.61. The largest absolute Gasteiger partial charge is 0.493 e. The summed E-state index contributed by atoms with van der Waals surface area (Å²) in [6.07, 6.45) is -0.516. The van der Waals surface area contributed by atoms with Gasteiger partial charge in [0.1, 0.15) is 11.7 Å². The molecule has 0 aliphatic carbocycles. The number of hydrogen-bond acceptors (Lipinski definition) is 5. The number of Topliss-reactive ketones (excluding diaryl/α,β-unsaturated/α-hetero) is 1. The molecule has 0 amide bonds. The van der Waals surface area contributed by atoms with Crippen LogP contribution in [-0.2, 0) is 4.74 Å². The summed E-state index contributed by atoms with van der Waals surface area (Å²) in [5, 5.41) is 0. The molecule has 2 aromatic rings. The fraction of sp³-hybridized carbons (Fsp3) is 0.263. The van der Waals surface area contributed by atoms with E-state index in [1.165, 1.54) is 14.2 Å². The minimum Gasteiger partial charge on any atom is -0.493 e. The van der Waals surface area contributed by atoms with Crippen molar-refractivity contribution in [1.82, 2.24) is 0 Å². The van der Waals surface area contributed by atoms with Gasteiger partial charge in [-0.15, -0.1) is 0 Å². The van der Waals surface area contributed by atoms with Gasteiger partial charge in [0.05, 0.1) is 20.6 Å². The van der Waals surface area contributed by atoms with E-state index in [1.54, 1.807) is 24.3 Å². The van der Waals surface area contributed by atoms with Crippen LogP contribution in [0, 0.1) is 6.92 Å². The van der Waals surface area contributed by atoms with Crippen LogP contribution in [0.5, 0.6) is 11.5 Å². The van der Waals surface area contributed by atoms with Crippen molar-refractivity contribution in [2.75, 3.05) is 14.2 Å². The first kappa shape index (κ1) is 16.1. The van der Waals surface area contributed by atoms with Crippen molar-refractivity contribution in [3.63, 3.8) is 0 Å². The molecule has 0 spiro atoms. The lowest BCUT2D eigenvalue weighted by molar-refractivity contribution is 0.0365. The summed E-state index contributed by atoms with van der Waals surface area (Å²) in [6, 6.07) is 10.8. The second-order valence-electron chi connectivity index (χ2n) is 5.65. The highest BCUT2D eigenvalue weighted by molar-refractivity contribution is 6.00. The van der Waals surface area contributed by atoms with Gasteiger partial charge in [0.25, 0.3) is 0 Å². The van der Waals surface area contributed by atoms with Gasteiger partial charge < -0.3 is 14.2 Å². The highest BCUT2D eigenvalue weighted by Crippen LogP contribution is 2.43. The Morgan fingerprint density at radius 2 is 1.79 bits per heavy atom. The second kappa shape index (κ2) is 6.35. The van der Waals surface area contributed by atoms with Crippen molar-refractivity contribution < 1.29 is 23.8 Å². The van der Waals surface area contributed by atoms with Crippen molar-refractivity contribution >= 4 is 11.8 Å². The van der Waals surface area contributed by atoms with E-state index in [-0.39, 0.29) is 12.2 Å². The molecule has 24 heavy (non-hydrogen) atoms. The number of benzene rings is 2. The van der Waals surface area contributed by atoms with Crippen molar-refractivity contribution in [2.45, 2.75) is 19.4 Å². The SMILES string of the molecule is COc1ccc2c(c1OC)C(=O)O[C@@H]2CC(=O)c1ccc(C)cc1. The van der Waals surface area contributed by atoms with Gasteiger partial charge in [0, 0.05) is 11.1 Å². The van der Waals surface area contributed by atoms with E-state index < -0.39 is 12.1 Å². The number of esters is 1. The van der Waals surface area contributed by atoms with Gasteiger partial charge in [-0.1, -0.05) is 35.9 Å². The Bertz CT molecular complexity index is 792. The average Bonchev–Trinajstić information content (AvgIpc) is 2.90. The molecule has 5 nitrogen and oxygen atoms in total. The Kier molecular flexibility index (Phi) is 4.25. The molecular weight excluding hydrogens is 308 g/mol. The van der Waals surface area contributed by atoms with Crippen molar-refractivity contribution in [3.8, 4) is 11.5 Å². The molecule has 0 saturated heterocycles. The van der Waals surface area contributed by atoms with Gasteiger partial charge in [0.2, 0.25) is 0 Å². The number of methoxy groups -OCH3 is 2. The average molecular weight is 326 g/mol.